The summed E-state index contributed by atoms with van der Waals surface area (Å²) in [6.07, 6.45) is 1.36. The molecule has 0 spiro atoms. The van der Waals surface area contributed by atoms with E-state index in [9.17, 15) is 9.50 Å². The van der Waals surface area contributed by atoms with Crippen LogP contribution in [-0.2, 0) is 5.60 Å². The quantitative estimate of drug-likeness (QED) is 0.709. The second kappa shape index (κ2) is 2.54. The highest BCUT2D eigenvalue weighted by Crippen LogP contribution is 2.45. The Bertz CT molecular complexity index is 390. The second-order valence-electron chi connectivity index (χ2n) is 3.34. The van der Waals surface area contributed by atoms with Gasteiger partial charge < -0.3 is 5.11 Å². The third kappa shape index (κ3) is 1.30. The summed E-state index contributed by atoms with van der Waals surface area (Å²) in [7, 11) is 0. The van der Waals surface area contributed by atoms with Gasteiger partial charge in [0.15, 0.2) is 0 Å². The van der Waals surface area contributed by atoms with E-state index in [4.69, 9.17) is 5.26 Å². The van der Waals surface area contributed by atoms with Crippen molar-refractivity contribution < 1.29 is 9.50 Å². The van der Waals surface area contributed by atoms with Crippen LogP contribution < -0.4 is 0 Å². The van der Waals surface area contributed by atoms with Gasteiger partial charge in [-0.15, -0.1) is 0 Å². The molecule has 0 amide bonds. The van der Waals surface area contributed by atoms with Gasteiger partial charge in [0.2, 0.25) is 0 Å². The molecule has 2 nitrogen and oxygen atoms in total. The number of hydrogen-bond donors (Lipinski definition) is 1. The van der Waals surface area contributed by atoms with Crippen molar-refractivity contribution in [2.75, 3.05) is 0 Å². The molecule has 0 saturated heterocycles. The molecule has 1 aromatic rings. The summed E-state index contributed by atoms with van der Waals surface area (Å²) in [6.45, 7) is 0. The number of aliphatic hydroxyl groups is 1. The molecule has 1 aliphatic carbocycles. The normalized spacial score (nSPS) is 17.9. The van der Waals surface area contributed by atoms with Crippen molar-refractivity contribution in [1.29, 1.82) is 5.26 Å². The molecule has 2 rings (SSSR count). The first-order chi connectivity index (χ1) is 6.15. The van der Waals surface area contributed by atoms with Gasteiger partial charge in [0.05, 0.1) is 11.2 Å². The van der Waals surface area contributed by atoms with Gasteiger partial charge in [-0.1, -0.05) is 6.07 Å². The minimum Gasteiger partial charge on any atom is -0.385 e. The highest BCUT2D eigenvalue weighted by Gasteiger charge is 2.42. The summed E-state index contributed by atoms with van der Waals surface area (Å²) in [4.78, 5) is 0. The first kappa shape index (κ1) is 8.21. The number of halogens is 1. The van der Waals surface area contributed by atoms with Crippen LogP contribution in [0.4, 0.5) is 4.39 Å². The summed E-state index contributed by atoms with van der Waals surface area (Å²) in [5.41, 5.74) is -0.230. The molecule has 0 heterocycles. The van der Waals surface area contributed by atoms with Crippen molar-refractivity contribution in [3.05, 3.63) is 35.1 Å². The van der Waals surface area contributed by atoms with Gasteiger partial charge in [0.25, 0.3) is 0 Å². The van der Waals surface area contributed by atoms with E-state index in [2.05, 4.69) is 0 Å². The maximum absolute atomic E-state index is 13.1. The number of benzene rings is 1. The van der Waals surface area contributed by atoms with E-state index in [1.165, 1.54) is 12.1 Å². The van der Waals surface area contributed by atoms with Crippen LogP contribution >= 0.6 is 0 Å². The molecule has 0 atom stereocenters. The fourth-order valence-electron chi connectivity index (χ4n) is 1.30. The van der Waals surface area contributed by atoms with Crippen LogP contribution in [-0.4, -0.2) is 5.11 Å². The lowest BCUT2D eigenvalue weighted by Crippen LogP contribution is -2.04. The van der Waals surface area contributed by atoms with E-state index >= 15 is 0 Å². The smallest absolute Gasteiger partial charge is 0.141 e. The standard InChI is InChI=1S/C10H8FNO/c11-9-5-8(10(13)3-4-10)2-1-7(9)6-12/h1-2,5,13H,3-4H2. The SMILES string of the molecule is N#Cc1ccc(C2(O)CC2)cc1F. The van der Waals surface area contributed by atoms with E-state index in [1.54, 1.807) is 12.1 Å². The molecule has 1 aliphatic rings. The summed E-state index contributed by atoms with van der Waals surface area (Å²) >= 11 is 0. The van der Waals surface area contributed by atoms with E-state index < -0.39 is 11.4 Å². The van der Waals surface area contributed by atoms with E-state index in [0.29, 0.717) is 18.4 Å². The Balaban J connectivity index is 2.43. The molecular formula is C10H8FNO. The molecule has 0 aromatic heterocycles. The van der Waals surface area contributed by atoms with E-state index in [-0.39, 0.29) is 5.56 Å². The van der Waals surface area contributed by atoms with Crippen molar-refractivity contribution >= 4 is 0 Å². The van der Waals surface area contributed by atoms with Gasteiger partial charge in [-0.05, 0) is 30.5 Å². The third-order valence-corrected chi connectivity index (χ3v) is 2.35. The molecule has 1 aromatic carbocycles. The molecular weight excluding hydrogens is 169 g/mol. The zero-order valence-electron chi connectivity index (χ0n) is 6.92. The Morgan fingerprint density at radius 3 is 2.62 bits per heavy atom. The molecule has 0 aliphatic heterocycles. The van der Waals surface area contributed by atoms with Crippen LogP contribution in [0.25, 0.3) is 0 Å². The average molecular weight is 177 g/mol. The Morgan fingerprint density at radius 1 is 1.46 bits per heavy atom. The van der Waals surface area contributed by atoms with E-state index in [1.807, 2.05) is 0 Å². The predicted octanol–water partition coefficient (Wildman–Crippen LogP) is 1.68. The van der Waals surface area contributed by atoms with Crippen LogP contribution in [0.5, 0.6) is 0 Å². The Morgan fingerprint density at radius 2 is 2.15 bits per heavy atom. The zero-order valence-corrected chi connectivity index (χ0v) is 6.92. The lowest BCUT2D eigenvalue weighted by atomic mass is 10.1. The van der Waals surface area contributed by atoms with Gasteiger partial charge >= 0.3 is 0 Å². The van der Waals surface area contributed by atoms with Gasteiger partial charge in [-0.2, -0.15) is 5.26 Å². The van der Waals surface area contributed by atoms with Crippen molar-refractivity contribution in [1.82, 2.24) is 0 Å². The monoisotopic (exact) mass is 177 g/mol. The Labute approximate surface area is 75.2 Å². The summed E-state index contributed by atoms with van der Waals surface area (Å²) < 4.78 is 13.1. The second-order valence-corrected chi connectivity index (χ2v) is 3.34. The maximum Gasteiger partial charge on any atom is 0.141 e. The molecule has 13 heavy (non-hydrogen) atoms. The summed E-state index contributed by atoms with van der Waals surface area (Å²) in [5, 5.41) is 18.1. The fraction of sp³-hybridized carbons (Fsp3) is 0.300. The molecule has 0 bridgehead atoms. The summed E-state index contributed by atoms with van der Waals surface area (Å²) in [6, 6.07) is 5.99. The molecule has 1 saturated carbocycles. The topological polar surface area (TPSA) is 44.0 Å². The number of nitrogens with zero attached hydrogens (tertiary/aromatic N) is 1. The highest BCUT2D eigenvalue weighted by atomic mass is 19.1. The van der Waals surface area contributed by atoms with Gasteiger partial charge in [-0.3, -0.25) is 0 Å². The summed E-state index contributed by atoms with van der Waals surface area (Å²) in [5.74, 6) is -0.555. The Hall–Kier alpha value is -1.40. The average Bonchev–Trinajstić information content (AvgIpc) is 2.85. The van der Waals surface area contributed by atoms with Crippen LogP contribution in [0.1, 0.15) is 24.0 Å². The first-order valence-corrected chi connectivity index (χ1v) is 4.08. The minimum atomic E-state index is -0.825. The van der Waals surface area contributed by atoms with Crippen LogP contribution in [0.15, 0.2) is 18.2 Å². The number of rotatable bonds is 1. The number of hydrogen-bond acceptors (Lipinski definition) is 2. The van der Waals surface area contributed by atoms with Crippen molar-refractivity contribution in [3.63, 3.8) is 0 Å². The largest absolute Gasteiger partial charge is 0.385 e. The maximum atomic E-state index is 13.1. The van der Waals surface area contributed by atoms with Crippen molar-refractivity contribution in [2.45, 2.75) is 18.4 Å². The molecule has 0 unspecified atom stereocenters. The van der Waals surface area contributed by atoms with Crippen LogP contribution in [0, 0.1) is 17.1 Å². The van der Waals surface area contributed by atoms with Gasteiger partial charge in [0.1, 0.15) is 11.9 Å². The molecule has 1 N–H and O–H groups in total. The predicted molar refractivity (Wildman–Crippen MR) is 44.2 cm³/mol. The van der Waals surface area contributed by atoms with Crippen molar-refractivity contribution in [3.8, 4) is 6.07 Å². The first-order valence-electron chi connectivity index (χ1n) is 4.08. The molecule has 1 fully saturated rings. The van der Waals surface area contributed by atoms with Crippen LogP contribution in [0.3, 0.4) is 0 Å². The third-order valence-electron chi connectivity index (χ3n) is 2.35. The van der Waals surface area contributed by atoms with E-state index in [0.717, 1.165) is 0 Å². The van der Waals surface area contributed by atoms with Gasteiger partial charge in [-0.25, -0.2) is 4.39 Å². The fourth-order valence-corrected chi connectivity index (χ4v) is 1.30. The van der Waals surface area contributed by atoms with Crippen LogP contribution in [0.2, 0.25) is 0 Å². The highest BCUT2D eigenvalue weighted by molar-refractivity contribution is 5.37. The lowest BCUT2D eigenvalue weighted by molar-refractivity contribution is 0.151. The lowest BCUT2D eigenvalue weighted by Gasteiger charge is -2.07. The molecule has 3 heteroatoms. The number of nitriles is 1. The zero-order chi connectivity index (χ0) is 9.47. The molecule has 0 radical (unpaired) electrons. The van der Waals surface area contributed by atoms with Gasteiger partial charge in [0, 0.05) is 0 Å². The minimum absolute atomic E-state index is 0.0213. The molecule has 66 valence electrons. The Kier molecular flexibility index (Phi) is 1.61. The van der Waals surface area contributed by atoms with Crippen molar-refractivity contribution in [2.24, 2.45) is 0 Å².